The van der Waals surface area contributed by atoms with Gasteiger partial charge in [-0.2, -0.15) is 5.90 Å². The van der Waals surface area contributed by atoms with E-state index in [1.54, 1.807) is 6.08 Å². The molecule has 0 bridgehead atoms. The Morgan fingerprint density at radius 3 is 2.10 bits per heavy atom. The molecule has 0 aliphatic rings. The molecule has 0 saturated heterocycles. The van der Waals surface area contributed by atoms with Gasteiger partial charge in [-0.25, -0.2) is 0 Å². The molecule has 0 radical (unpaired) electrons. The first kappa shape index (κ1) is 9.24. The van der Waals surface area contributed by atoms with Crippen LogP contribution in [-0.4, -0.2) is 0 Å². The van der Waals surface area contributed by atoms with Crippen molar-refractivity contribution in [3.8, 4) is 0 Å². The Labute approximate surface area is 62.3 Å². The topological polar surface area (TPSA) is 35.2 Å². The first-order valence-corrected chi connectivity index (χ1v) is 3.21. The minimum absolute atomic E-state index is 0.0862. The van der Waals surface area contributed by atoms with Crippen LogP contribution >= 0.6 is 0 Å². The lowest BCUT2D eigenvalue weighted by Crippen LogP contribution is -2.04. The molecule has 0 aliphatic carbocycles. The Bertz CT molecular complexity index is 142. The maximum atomic E-state index is 4.95. The van der Waals surface area contributed by atoms with Gasteiger partial charge in [0, 0.05) is 0 Å². The molecule has 0 heterocycles. The molecular formula is C8H15NO. The van der Waals surface area contributed by atoms with Gasteiger partial charge in [0.15, 0.2) is 0 Å². The highest BCUT2D eigenvalue weighted by Gasteiger charge is 2.06. The zero-order valence-electron chi connectivity index (χ0n) is 6.85. The van der Waals surface area contributed by atoms with Crippen molar-refractivity contribution in [3.63, 3.8) is 0 Å². The summed E-state index contributed by atoms with van der Waals surface area (Å²) >= 11 is 0. The Balaban J connectivity index is 4.24. The fourth-order valence-corrected chi connectivity index (χ4v) is 0.568. The predicted octanol–water partition coefficient (Wildman–Crippen LogP) is 1.99. The van der Waals surface area contributed by atoms with Crippen LogP contribution in [0.5, 0.6) is 0 Å². The van der Waals surface area contributed by atoms with Gasteiger partial charge in [-0.05, 0) is 17.6 Å². The number of nitrogens with two attached hydrogens (primary N) is 1. The summed E-state index contributed by atoms with van der Waals surface area (Å²) in [5.74, 6) is 5.57. The lowest BCUT2D eigenvalue weighted by atomic mass is 9.96. The fraction of sp³-hybridized carbons (Fsp3) is 0.500. The number of hydrogen-bond acceptors (Lipinski definition) is 2. The van der Waals surface area contributed by atoms with Crippen molar-refractivity contribution >= 4 is 0 Å². The molecule has 0 atom stereocenters. The van der Waals surface area contributed by atoms with Crippen LogP contribution in [0.25, 0.3) is 0 Å². The van der Waals surface area contributed by atoms with Gasteiger partial charge in [-0.15, -0.1) is 0 Å². The molecule has 0 rings (SSSR count). The number of allylic oxidation sites excluding steroid dienone is 2. The van der Waals surface area contributed by atoms with E-state index in [9.17, 15) is 0 Å². The first-order valence-electron chi connectivity index (χ1n) is 3.21. The van der Waals surface area contributed by atoms with Crippen molar-refractivity contribution in [2.75, 3.05) is 0 Å². The highest BCUT2D eigenvalue weighted by molar-refractivity contribution is 5.11. The molecule has 0 fully saturated rings. The normalized spacial score (nSPS) is 13.0. The molecule has 0 spiro atoms. The van der Waals surface area contributed by atoms with E-state index in [1.165, 1.54) is 0 Å². The molecule has 0 unspecified atom stereocenters. The largest absolute Gasteiger partial charge is 0.412 e. The monoisotopic (exact) mass is 141 g/mol. The van der Waals surface area contributed by atoms with E-state index in [0.717, 1.165) is 0 Å². The molecule has 0 aliphatic heterocycles. The lowest BCUT2D eigenvalue weighted by Gasteiger charge is -2.12. The van der Waals surface area contributed by atoms with Crippen molar-refractivity contribution in [1.29, 1.82) is 0 Å². The summed E-state index contributed by atoms with van der Waals surface area (Å²) in [6.07, 6.45) is 3.51. The van der Waals surface area contributed by atoms with Gasteiger partial charge >= 0.3 is 0 Å². The molecule has 2 N–H and O–H groups in total. The maximum absolute atomic E-state index is 4.95. The van der Waals surface area contributed by atoms with E-state index >= 15 is 0 Å². The highest BCUT2D eigenvalue weighted by Crippen LogP contribution is 2.17. The molecule has 2 heteroatoms. The third-order valence-corrected chi connectivity index (χ3v) is 0.913. The molecule has 10 heavy (non-hydrogen) atoms. The van der Waals surface area contributed by atoms with Gasteiger partial charge in [-0.3, -0.25) is 0 Å². The van der Waals surface area contributed by atoms with Crippen LogP contribution in [0.1, 0.15) is 20.8 Å². The minimum atomic E-state index is 0.0862. The highest BCUT2D eigenvalue weighted by atomic mass is 16.6. The predicted molar refractivity (Wildman–Crippen MR) is 43.0 cm³/mol. The van der Waals surface area contributed by atoms with E-state index in [4.69, 9.17) is 5.90 Å². The summed E-state index contributed by atoms with van der Waals surface area (Å²) in [4.78, 5) is 4.52. The molecule has 0 amide bonds. The van der Waals surface area contributed by atoms with Crippen molar-refractivity contribution in [2.24, 2.45) is 11.3 Å². The van der Waals surface area contributed by atoms with Crippen LogP contribution in [0, 0.1) is 5.41 Å². The Hall–Kier alpha value is -0.760. The molecule has 2 nitrogen and oxygen atoms in total. The summed E-state index contributed by atoms with van der Waals surface area (Å²) in [6, 6.07) is 0. The molecule has 0 aromatic carbocycles. The van der Waals surface area contributed by atoms with E-state index in [-0.39, 0.29) is 5.41 Å². The number of hydrogen-bond donors (Lipinski definition) is 1. The molecular weight excluding hydrogens is 126 g/mol. The second kappa shape index (κ2) is 3.42. The summed E-state index contributed by atoms with van der Waals surface area (Å²) in [5, 5.41) is 0. The zero-order valence-corrected chi connectivity index (χ0v) is 6.85. The van der Waals surface area contributed by atoms with Crippen LogP contribution in [0.2, 0.25) is 0 Å². The maximum Gasteiger partial charge on any atom is 0.142 e. The minimum Gasteiger partial charge on any atom is -0.412 e. The van der Waals surface area contributed by atoms with E-state index < -0.39 is 0 Å². The standard InChI is InChI=1S/C8H15NO/c1-5-7(10-9)6-8(2,3)4/h5-6H,1,9H2,2-4H3/b7-6-. The molecule has 0 aromatic heterocycles. The van der Waals surface area contributed by atoms with Crippen LogP contribution in [0.4, 0.5) is 0 Å². The van der Waals surface area contributed by atoms with Crippen LogP contribution in [-0.2, 0) is 4.84 Å². The third-order valence-electron chi connectivity index (χ3n) is 0.913. The van der Waals surface area contributed by atoms with Crippen LogP contribution in [0.15, 0.2) is 24.5 Å². The Morgan fingerprint density at radius 1 is 1.50 bits per heavy atom. The number of rotatable bonds is 2. The van der Waals surface area contributed by atoms with Gasteiger partial charge in [-0.1, -0.05) is 27.4 Å². The van der Waals surface area contributed by atoms with Crippen molar-refractivity contribution in [2.45, 2.75) is 20.8 Å². The van der Waals surface area contributed by atoms with Gasteiger partial charge in [0.05, 0.1) is 0 Å². The lowest BCUT2D eigenvalue weighted by molar-refractivity contribution is 0.228. The summed E-state index contributed by atoms with van der Waals surface area (Å²) in [5.41, 5.74) is 0.0862. The van der Waals surface area contributed by atoms with Crippen molar-refractivity contribution in [3.05, 3.63) is 24.5 Å². The second-order valence-electron chi connectivity index (χ2n) is 3.23. The fourth-order valence-electron chi connectivity index (χ4n) is 0.568. The average molecular weight is 141 g/mol. The Kier molecular flexibility index (Phi) is 3.16. The average Bonchev–Trinajstić information content (AvgIpc) is 1.81. The summed E-state index contributed by atoms with van der Waals surface area (Å²) in [7, 11) is 0. The van der Waals surface area contributed by atoms with Crippen molar-refractivity contribution in [1.82, 2.24) is 0 Å². The molecule has 0 aromatic rings. The summed E-state index contributed by atoms with van der Waals surface area (Å²) in [6.45, 7) is 9.74. The van der Waals surface area contributed by atoms with Gasteiger partial charge in [0.2, 0.25) is 0 Å². The zero-order chi connectivity index (χ0) is 8.20. The third kappa shape index (κ3) is 4.15. The van der Waals surface area contributed by atoms with E-state index in [0.29, 0.717) is 5.76 Å². The van der Waals surface area contributed by atoms with Crippen LogP contribution in [0.3, 0.4) is 0 Å². The van der Waals surface area contributed by atoms with Gasteiger partial charge < -0.3 is 4.84 Å². The smallest absolute Gasteiger partial charge is 0.142 e. The van der Waals surface area contributed by atoms with E-state index in [1.807, 2.05) is 6.08 Å². The summed E-state index contributed by atoms with van der Waals surface area (Å²) < 4.78 is 0. The van der Waals surface area contributed by atoms with Crippen LogP contribution < -0.4 is 5.90 Å². The molecule has 58 valence electrons. The van der Waals surface area contributed by atoms with E-state index in [2.05, 4.69) is 32.2 Å². The SMILES string of the molecule is C=C/C(=C/C(C)(C)C)ON. The molecule has 0 saturated carbocycles. The van der Waals surface area contributed by atoms with Crippen molar-refractivity contribution < 1.29 is 4.84 Å². The first-order chi connectivity index (χ1) is 4.49. The van der Waals surface area contributed by atoms with Gasteiger partial charge in [0.25, 0.3) is 0 Å². The Morgan fingerprint density at radius 2 is 2.00 bits per heavy atom. The second-order valence-corrected chi connectivity index (χ2v) is 3.23. The van der Waals surface area contributed by atoms with Gasteiger partial charge in [0.1, 0.15) is 5.76 Å². The quantitative estimate of drug-likeness (QED) is 0.362.